The van der Waals surface area contributed by atoms with Gasteiger partial charge in [-0.15, -0.1) is 11.3 Å². The molecule has 1 amide bonds. The number of rotatable bonds is 5. The lowest BCUT2D eigenvalue weighted by Gasteiger charge is -2.35. The summed E-state index contributed by atoms with van der Waals surface area (Å²) in [6.45, 7) is 5.37. The molecule has 1 aliphatic rings. The van der Waals surface area contributed by atoms with Gasteiger partial charge in [-0.25, -0.2) is 4.98 Å². The first kappa shape index (κ1) is 14.3. The summed E-state index contributed by atoms with van der Waals surface area (Å²) in [5, 5.41) is 3.03. The number of thiazole rings is 1. The van der Waals surface area contributed by atoms with Crippen LogP contribution in [0.5, 0.6) is 0 Å². The van der Waals surface area contributed by atoms with Crippen LogP contribution in [0.1, 0.15) is 26.2 Å². The Morgan fingerprint density at radius 2 is 2.21 bits per heavy atom. The summed E-state index contributed by atoms with van der Waals surface area (Å²) in [6.07, 6.45) is 4.25. The van der Waals surface area contributed by atoms with Crippen molar-refractivity contribution in [2.45, 2.75) is 32.2 Å². The Labute approximate surface area is 118 Å². The smallest absolute Gasteiger partial charge is 0.224 e. The third-order valence-corrected chi connectivity index (χ3v) is 4.25. The number of nitrogens with zero attached hydrogens (tertiary/aromatic N) is 3. The summed E-state index contributed by atoms with van der Waals surface area (Å²) in [5.74, 6) is 0.194. The summed E-state index contributed by atoms with van der Waals surface area (Å²) in [7, 11) is 0. The molecular weight excluding hydrogens is 260 g/mol. The molecule has 0 saturated carbocycles. The number of carbonyl (C=O) groups excluding carboxylic acids is 1. The minimum absolute atomic E-state index is 0.00879. The first-order valence-electron chi connectivity index (χ1n) is 6.88. The molecule has 1 unspecified atom stereocenters. The Morgan fingerprint density at radius 1 is 1.47 bits per heavy atom. The molecule has 0 aromatic carbocycles. The van der Waals surface area contributed by atoms with Crippen molar-refractivity contribution < 1.29 is 4.79 Å². The summed E-state index contributed by atoms with van der Waals surface area (Å²) in [5.41, 5.74) is 5.93. The molecule has 0 spiro atoms. The molecule has 1 aromatic heterocycles. The van der Waals surface area contributed by atoms with Gasteiger partial charge in [0.25, 0.3) is 0 Å². The molecule has 0 bridgehead atoms. The maximum Gasteiger partial charge on any atom is 0.224 e. The van der Waals surface area contributed by atoms with E-state index in [9.17, 15) is 4.79 Å². The number of aromatic nitrogens is 1. The number of anilines is 1. The maximum absolute atomic E-state index is 12.1. The van der Waals surface area contributed by atoms with Gasteiger partial charge in [0.1, 0.15) is 0 Å². The second-order valence-electron chi connectivity index (χ2n) is 4.94. The highest BCUT2D eigenvalue weighted by molar-refractivity contribution is 7.13. The number of nitrogens with two attached hydrogens (primary N) is 1. The fourth-order valence-corrected chi connectivity index (χ4v) is 3.04. The van der Waals surface area contributed by atoms with Gasteiger partial charge in [-0.1, -0.05) is 13.3 Å². The number of carbonyl (C=O) groups is 1. The standard InChI is InChI=1S/C13H22N4OS/c1-2-3-11(14)10-12(18)16-5-7-17(8-6-16)13-15-4-9-19-13/h4,9,11H,2-3,5-8,10,14H2,1H3. The molecule has 1 atom stereocenters. The van der Waals surface area contributed by atoms with Gasteiger partial charge in [0.15, 0.2) is 5.13 Å². The molecule has 1 fully saturated rings. The first-order chi connectivity index (χ1) is 9.20. The Morgan fingerprint density at radius 3 is 2.79 bits per heavy atom. The van der Waals surface area contributed by atoms with Crippen LogP contribution >= 0.6 is 11.3 Å². The van der Waals surface area contributed by atoms with Crippen molar-refractivity contribution in [3.63, 3.8) is 0 Å². The van der Waals surface area contributed by atoms with Crippen LogP contribution in [-0.2, 0) is 4.79 Å². The van der Waals surface area contributed by atoms with Crippen LogP contribution in [0.15, 0.2) is 11.6 Å². The van der Waals surface area contributed by atoms with Crippen LogP contribution in [-0.4, -0.2) is 48.0 Å². The maximum atomic E-state index is 12.1. The zero-order valence-electron chi connectivity index (χ0n) is 11.4. The lowest BCUT2D eigenvalue weighted by Crippen LogP contribution is -2.49. The zero-order valence-corrected chi connectivity index (χ0v) is 12.2. The van der Waals surface area contributed by atoms with Crippen molar-refractivity contribution in [1.82, 2.24) is 9.88 Å². The number of amides is 1. The van der Waals surface area contributed by atoms with Crippen molar-refractivity contribution in [3.8, 4) is 0 Å². The molecule has 106 valence electrons. The van der Waals surface area contributed by atoms with E-state index in [0.717, 1.165) is 44.2 Å². The number of hydrogen-bond donors (Lipinski definition) is 1. The minimum atomic E-state index is 0.00879. The predicted molar refractivity (Wildman–Crippen MR) is 78.4 cm³/mol. The second-order valence-corrected chi connectivity index (χ2v) is 5.81. The SMILES string of the molecule is CCCC(N)CC(=O)N1CCN(c2nccs2)CC1. The number of piperazine rings is 1. The highest BCUT2D eigenvalue weighted by Gasteiger charge is 2.23. The highest BCUT2D eigenvalue weighted by Crippen LogP contribution is 2.19. The average Bonchev–Trinajstić information content (AvgIpc) is 2.93. The summed E-state index contributed by atoms with van der Waals surface area (Å²) in [4.78, 5) is 20.6. The van der Waals surface area contributed by atoms with E-state index in [0.29, 0.717) is 6.42 Å². The molecule has 2 N–H and O–H groups in total. The van der Waals surface area contributed by atoms with Crippen LogP contribution in [0.3, 0.4) is 0 Å². The van der Waals surface area contributed by atoms with E-state index in [1.54, 1.807) is 11.3 Å². The molecule has 6 heteroatoms. The van der Waals surface area contributed by atoms with Crippen LogP contribution in [0.25, 0.3) is 0 Å². The van der Waals surface area contributed by atoms with Gasteiger partial charge in [0.05, 0.1) is 0 Å². The predicted octanol–water partition coefficient (Wildman–Crippen LogP) is 1.31. The normalized spacial score (nSPS) is 17.6. The summed E-state index contributed by atoms with van der Waals surface area (Å²) < 4.78 is 0. The third-order valence-electron chi connectivity index (χ3n) is 3.42. The van der Waals surface area contributed by atoms with Gasteiger partial charge in [-0.2, -0.15) is 0 Å². The molecular formula is C13H22N4OS. The largest absolute Gasteiger partial charge is 0.345 e. The highest BCUT2D eigenvalue weighted by atomic mass is 32.1. The van der Waals surface area contributed by atoms with Gasteiger partial charge in [-0.05, 0) is 6.42 Å². The molecule has 5 nitrogen and oxygen atoms in total. The fraction of sp³-hybridized carbons (Fsp3) is 0.692. The Balaban J connectivity index is 1.78. The fourth-order valence-electron chi connectivity index (χ4n) is 2.35. The monoisotopic (exact) mass is 282 g/mol. The third kappa shape index (κ3) is 3.91. The van der Waals surface area contributed by atoms with Crippen molar-refractivity contribution in [1.29, 1.82) is 0 Å². The van der Waals surface area contributed by atoms with E-state index in [1.165, 1.54) is 0 Å². The molecule has 1 aromatic rings. The van der Waals surface area contributed by atoms with E-state index in [4.69, 9.17) is 5.73 Å². The molecule has 1 saturated heterocycles. The van der Waals surface area contributed by atoms with Crippen LogP contribution < -0.4 is 10.6 Å². The van der Waals surface area contributed by atoms with Crippen molar-refractivity contribution >= 4 is 22.4 Å². The molecule has 0 aliphatic carbocycles. The van der Waals surface area contributed by atoms with Crippen LogP contribution in [0.4, 0.5) is 5.13 Å². The second kappa shape index (κ2) is 6.86. The molecule has 2 rings (SSSR count). The summed E-state index contributed by atoms with van der Waals surface area (Å²) in [6, 6.07) is 0.00879. The minimum Gasteiger partial charge on any atom is -0.345 e. The van der Waals surface area contributed by atoms with E-state index in [-0.39, 0.29) is 11.9 Å². The molecule has 19 heavy (non-hydrogen) atoms. The summed E-state index contributed by atoms with van der Waals surface area (Å²) >= 11 is 1.65. The topological polar surface area (TPSA) is 62.5 Å². The van der Waals surface area contributed by atoms with Gasteiger partial charge in [0, 0.05) is 50.2 Å². The van der Waals surface area contributed by atoms with Crippen molar-refractivity contribution in [3.05, 3.63) is 11.6 Å². The van der Waals surface area contributed by atoms with Crippen LogP contribution in [0, 0.1) is 0 Å². The zero-order chi connectivity index (χ0) is 13.7. The van der Waals surface area contributed by atoms with E-state index >= 15 is 0 Å². The average molecular weight is 282 g/mol. The first-order valence-corrected chi connectivity index (χ1v) is 7.76. The Hall–Kier alpha value is -1.14. The molecule has 2 heterocycles. The van der Waals surface area contributed by atoms with Gasteiger partial charge >= 0.3 is 0 Å². The Kier molecular flexibility index (Phi) is 5.15. The number of hydrogen-bond acceptors (Lipinski definition) is 5. The van der Waals surface area contributed by atoms with E-state index in [2.05, 4.69) is 16.8 Å². The molecule has 0 radical (unpaired) electrons. The van der Waals surface area contributed by atoms with Crippen molar-refractivity contribution in [2.75, 3.05) is 31.1 Å². The van der Waals surface area contributed by atoms with E-state index < -0.39 is 0 Å². The van der Waals surface area contributed by atoms with Gasteiger partial charge in [0.2, 0.25) is 5.91 Å². The Bertz CT molecular complexity index is 387. The van der Waals surface area contributed by atoms with Crippen LogP contribution in [0.2, 0.25) is 0 Å². The quantitative estimate of drug-likeness (QED) is 0.884. The molecule has 1 aliphatic heterocycles. The van der Waals surface area contributed by atoms with Crippen molar-refractivity contribution in [2.24, 2.45) is 5.73 Å². The van der Waals surface area contributed by atoms with E-state index in [1.807, 2.05) is 16.5 Å². The van der Waals surface area contributed by atoms with Gasteiger partial charge < -0.3 is 15.5 Å². The lowest BCUT2D eigenvalue weighted by molar-refractivity contribution is -0.131. The lowest BCUT2D eigenvalue weighted by atomic mass is 10.1. The van der Waals surface area contributed by atoms with Gasteiger partial charge in [-0.3, -0.25) is 4.79 Å².